The fourth-order valence-electron chi connectivity index (χ4n) is 1.38. The van der Waals surface area contributed by atoms with Crippen LogP contribution in [0, 0.1) is 5.41 Å². The number of hydrogen-bond donors (Lipinski definition) is 2. The summed E-state index contributed by atoms with van der Waals surface area (Å²) < 4.78 is 0. The zero-order chi connectivity index (χ0) is 9.26. The zero-order valence-corrected chi connectivity index (χ0v) is 8.11. The molecule has 0 radical (unpaired) electrons. The molecule has 2 N–H and O–H groups in total. The maximum absolute atomic E-state index is 7.74. The summed E-state index contributed by atoms with van der Waals surface area (Å²) in [5.74, 6) is 0. The maximum atomic E-state index is 7.74. The first-order chi connectivity index (χ1) is 6.33. The average Bonchev–Trinajstić information content (AvgIpc) is 2.63. The molecule has 0 spiro atoms. The molecule has 1 aromatic heterocycles. The molecule has 2 nitrogen and oxygen atoms in total. The van der Waals surface area contributed by atoms with Gasteiger partial charge in [0.15, 0.2) is 0 Å². The molecule has 1 aromatic carbocycles. The Morgan fingerprint density at radius 1 is 1.38 bits per heavy atom. The van der Waals surface area contributed by atoms with Gasteiger partial charge in [0.05, 0.1) is 10.6 Å². The van der Waals surface area contributed by atoms with E-state index in [-0.39, 0.29) is 0 Å². The largest absolute Gasteiger partial charge is 0.361 e. The van der Waals surface area contributed by atoms with Crippen LogP contribution in [0.2, 0.25) is 0 Å². The Morgan fingerprint density at radius 2 is 2.23 bits per heavy atom. The highest BCUT2D eigenvalue weighted by molar-refractivity contribution is 8.13. The number of aromatic nitrogens is 1. The fourth-order valence-corrected chi connectivity index (χ4v) is 1.77. The molecule has 2 aromatic rings. The predicted molar refractivity (Wildman–Crippen MR) is 58.6 cm³/mol. The Bertz CT molecular complexity index is 445. The van der Waals surface area contributed by atoms with Crippen molar-refractivity contribution in [3.63, 3.8) is 0 Å². The lowest BCUT2D eigenvalue weighted by Crippen LogP contribution is -1.92. The van der Waals surface area contributed by atoms with E-state index in [1.165, 1.54) is 11.8 Å². The molecule has 0 bridgehead atoms. The number of para-hydroxylation sites is 1. The Kier molecular flexibility index (Phi) is 2.10. The van der Waals surface area contributed by atoms with Gasteiger partial charge in [-0.2, -0.15) is 0 Å². The molecule has 13 heavy (non-hydrogen) atoms. The first kappa shape index (κ1) is 8.38. The predicted octanol–water partition coefficient (Wildman–Crippen LogP) is 2.86. The molecular weight excluding hydrogens is 180 g/mol. The SMILES string of the molecule is CSC(=N)c1cccc2cc[nH]c12. The molecule has 1 heterocycles. The standard InChI is InChI=1S/C10H10N2S/c1-13-10(11)8-4-2-3-7-5-6-12-9(7)8/h2-6,11-12H,1H3. The second-order valence-electron chi connectivity index (χ2n) is 2.78. The minimum Gasteiger partial charge on any atom is -0.361 e. The normalized spacial score (nSPS) is 10.5. The van der Waals surface area contributed by atoms with Gasteiger partial charge in [-0.25, -0.2) is 0 Å². The van der Waals surface area contributed by atoms with Crippen LogP contribution in [0.4, 0.5) is 0 Å². The van der Waals surface area contributed by atoms with E-state index in [0.717, 1.165) is 16.5 Å². The highest BCUT2D eigenvalue weighted by atomic mass is 32.2. The van der Waals surface area contributed by atoms with Gasteiger partial charge in [0.25, 0.3) is 0 Å². The first-order valence-electron chi connectivity index (χ1n) is 4.02. The van der Waals surface area contributed by atoms with Crippen molar-refractivity contribution in [1.29, 1.82) is 5.41 Å². The van der Waals surface area contributed by atoms with Crippen molar-refractivity contribution in [3.05, 3.63) is 36.0 Å². The lowest BCUT2D eigenvalue weighted by molar-refractivity contribution is 1.46. The lowest BCUT2D eigenvalue weighted by atomic mass is 10.1. The van der Waals surface area contributed by atoms with Gasteiger partial charge < -0.3 is 4.98 Å². The van der Waals surface area contributed by atoms with Crippen LogP contribution in [-0.4, -0.2) is 16.3 Å². The van der Waals surface area contributed by atoms with Crippen LogP contribution in [0.25, 0.3) is 10.9 Å². The van der Waals surface area contributed by atoms with Gasteiger partial charge in [0, 0.05) is 17.1 Å². The number of rotatable bonds is 1. The summed E-state index contributed by atoms with van der Waals surface area (Å²) in [5.41, 5.74) is 2.04. The quantitative estimate of drug-likeness (QED) is 0.526. The van der Waals surface area contributed by atoms with Crippen LogP contribution in [0.3, 0.4) is 0 Å². The maximum Gasteiger partial charge on any atom is 0.0961 e. The smallest absolute Gasteiger partial charge is 0.0961 e. The number of aromatic amines is 1. The summed E-state index contributed by atoms with van der Waals surface area (Å²) in [5, 5.41) is 9.51. The van der Waals surface area contributed by atoms with E-state index in [9.17, 15) is 0 Å². The van der Waals surface area contributed by atoms with Crippen LogP contribution in [-0.2, 0) is 0 Å². The van der Waals surface area contributed by atoms with Gasteiger partial charge in [-0.3, -0.25) is 5.41 Å². The molecule has 0 atom stereocenters. The number of hydrogen-bond acceptors (Lipinski definition) is 2. The number of fused-ring (bicyclic) bond motifs is 1. The second-order valence-corrected chi connectivity index (χ2v) is 3.60. The third-order valence-electron chi connectivity index (χ3n) is 2.04. The van der Waals surface area contributed by atoms with Gasteiger partial charge in [0.1, 0.15) is 0 Å². The van der Waals surface area contributed by atoms with E-state index in [1.54, 1.807) is 0 Å². The molecule has 0 fully saturated rings. The van der Waals surface area contributed by atoms with Gasteiger partial charge >= 0.3 is 0 Å². The van der Waals surface area contributed by atoms with Crippen LogP contribution >= 0.6 is 11.8 Å². The van der Waals surface area contributed by atoms with Crippen molar-refractivity contribution >= 4 is 27.7 Å². The van der Waals surface area contributed by atoms with Crippen LogP contribution < -0.4 is 0 Å². The van der Waals surface area contributed by atoms with Crippen molar-refractivity contribution in [2.24, 2.45) is 0 Å². The number of H-pyrrole nitrogens is 1. The van der Waals surface area contributed by atoms with Crippen LogP contribution in [0.15, 0.2) is 30.5 Å². The summed E-state index contributed by atoms with van der Waals surface area (Å²) in [6.45, 7) is 0. The summed E-state index contributed by atoms with van der Waals surface area (Å²) in [6, 6.07) is 8.02. The Labute approximate surface area is 80.9 Å². The van der Waals surface area contributed by atoms with E-state index >= 15 is 0 Å². The third-order valence-corrected chi connectivity index (χ3v) is 2.66. The molecule has 3 heteroatoms. The molecule has 0 aliphatic rings. The number of benzene rings is 1. The molecule has 0 saturated heterocycles. The number of nitrogens with one attached hydrogen (secondary N) is 2. The first-order valence-corrected chi connectivity index (χ1v) is 5.24. The van der Waals surface area contributed by atoms with Gasteiger partial charge in [0.2, 0.25) is 0 Å². The van der Waals surface area contributed by atoms with E-state index in [2.05, 4.69) is 4.98 Å². The molecule has 0 aliphatic heterocycles. The summed E-state index contributed by atoms with van der Waals surface area (Å²) in [4.78, 5) is 3.15. The van der Waals surface area contributed by atoms with E-state index in [1.807, 2.05) is 36.7 Å². The van der Waals surface area contributed by atoms with Gasteiger partial charge in [-0.15, -0.1) is 11.8 Å². The zero-order valence-electron chi connectivity index (χ0n) is 7.29. The lowest BCUT2D eigenvalue weighted by Gasteiger charge is -2.01. The van der Waals surface area contributed by atoms with Crippen molar-refractivity contribution in [3.8, 4) is 0 Å². The van der Waals surface area contributed by atoms with Gasteiger partial charge in [-0.1, -0.05) is 18.2 Å². The fraction of sp³-hybridized carbons (Fsp3) is 0.100. The Morgan fingerprint density at radius 3 is 3.00 bits per heavy atom. The average molecular weight is 190 g/mol. The highest BCUT2D eigenvalue weighted by Crippen LogP contribution is 2.20. The van der Waals surface area contributed by atoms with Crippen LogP contribution in [0.1, 0.15) is 5.56 Å². The minimum absolute atomic E-state index is 0.605. The van der Waals surface area contributed by atoms with E-state index < -0.39 is 0 Å². The molecule has 2 rings (SSSR count). The Balaban J connectivity index is 2.67. The van der Waals surface area contributed by atoms with Crippen molar-refractivity contribution in [2.75, 3.05) is 6.26 Å². The topological polar surface area (TPSA) is 39.6 Å². The molecule has 66 valence electrons. The van der Waals surface area contributed by atoms with Gasteiger partial charge in [-0.05, 0) is 12.3 Å². The summed E-state index contributed by atoms with van der Waals surface area (Å²) >= 11 is 1.46. The molecule has 0 aliphatic carbocycles. The van der Waals surface area contributed by atoms with Crippen molar-refractivity contribution < 1.29 is 0 Å². The summed E-state index contributed by atoms with van der Waals surface area (Å²) in [6.07, 6.45) is 3.83. The molecule has 0 amide bonds. The number of thioether (sulfide) groups is 1. The third kappa shape index (κ3) is 1.35. The van der Waals surface area contributed by atoms with E-state index in [0.29, 0.717) is 5.04 Å². The Hall–Kier alpha value is -1.22. The van der Waals surface area contributed by atoms with Crippen LogP contribution in [0.5, 0.6) is 0 Å². The van der Waals surface area contributed by atoms with Crippen molar-refractivity contribution in [1.82, 2.24) is 4.98 Å². The highest BCUT2D eigenvalue weighted by Gasteiger charge is 2.04. The minimum atomic E-state index is 0.605. The monoisotopic (exact) mass is 190 g/mol. The molecule has 0 saturated carbocycles. The summed E-state index contributed by atoms with van der Waals surface area (Å²) in [7, 11) is 0. The molecular formula is C10H10N2S. The molecule has 0 unspecified atom stereocenters. The van der Waals surface area contributed by atoms with Crippen molar-refractivity contribution in [2.45, 2.75) is 0 Å². The second kappa shape index (κ2) is 3.26. The van der Waals surface area contributed by atoms with E-state index in [4.69, 9.17) is 5.41 Å².